The van der Waals surface area contributed by atoms with Crippen molar-refractivity contribution >= 4 is 5.78 Å². The number of aliphatic hydroxyl groups excluding tert-OH is 1. The summed E-state index contributed by atoms with van der Waals surface area (Å²) in [5, 5.41) is 20.2. The summed E-state index contributed by atoms with van der Waals surface area (Å²) in [6, 6.07) is 0. The van der Waals surface area contributed by atoms with Crippen LogP contribution in [0, 0.1) is 5.92 Å². The lowest BCUT2D eigenvalue weighted by molar-refractivity contribution is -0.153. The van der Waals surface area contributed by atoms with Gasteiger partial charge in [0.2, 0.25) is 11.4 Å². The summed E-state index contributed by atoms with van der Waals surface area (Å²) in [7, 11) is 0. The number of rotatable bonds is 1. The molecule has 1 aliphatic carbocycles. The molecule has 0 saturated heterocycles. The van der Waals surface area contributed by atoms with Gasteiger partial charge in [-0.15, -0.1) is 0 Å². The van der Waals surface area contributed by atoms with Crippen molar-refractivity contribution in [2.24, 2.45) is 5.92 Å². The second-order valence-corrected chi connectivity index (χ2v) is 3.97. The third-order valence-corrected chi connectivity index (χ3v) is 3.17. The van der Waals surface area contributed by atoms with Gasteiger partial charge in [0.1, 0.15) is 11.9 Å². The molecule has 1 aliphatic heterocycles. The van der Waals surface area contributed by atoms with Crippen LogP contribution in [0.25, 0.3) is 0 Å². The molecule has 4 nitrogen and oxygen atoms in total. The number of hydrogen-bond acceptors (Lipinski definition) is 4. The first-order chi connectivity index (χ1) is 7.10. The Kier molecular flexibility index (Phi) is 2.40. The summed E-state index contributed by atoms with van der Waals surface area (Å²) in [6.45, 7) is 1.92. The second-order valence-electron chi connectivity index (χ2n) is 3.97. The van der Waals surface area contributed by atoms with Gasteiger partial charge in [0, 0.05) is 6.08 Å². The van der Waals surface area contributed by atoms with Gasteiger partial charge >= 0.3 is 0 Å². The minimum atomic E-state index is -1.87. The van der Waals surface area contributed by atoms with Crippen LogP contribution in [-0.4, -0.2) is 27.7 Å². The van der Waals surface area contributed by atoms with E-state index in [1.807, 2.05) is 6.92 Å². The van der Waals surface area contributed by atoms with E-state index in [1.54, 1.807) is 6.08 Å². The predicted molar refractivity (Wildman–Crippen MR) is 52.7 cm³/mol. The molecule has 0 radical (unpaired) electrons. The van der Waals surface area contributed by atoms with E-state index >= 15 is 0 Å². The van der Waals surface area contributed by atoms with Gasteiger partial charge < -0.3 is 14.9 Å². The number of carbonyl (C=O) groups excluding carboxylic acids is 1. The van der Waals surface area contributed by atoms with Crippen LogP contribution in [0.4, 0.5) is 0 Å². The van der Waals surface area contributed by atoms with Crippen LogP contribution in [0.5, 0.6) is 0 Å². The van der Waals surface area contributed by atoms with Gasteiger partial charge in [0.25, 0.3) is 0 Å². The van der Waals surface area contributed by atoms with Crippen LogP contribution in [-0.2, 0) is 9.53 Å². The quantitative estimate of drug-likeness (QED) is 0.661. The number of carbonyl (C=O) groups is 1. The third-order valence-electron chi connectivity index (χ3n) is 3.17. The molecule has 4 heteroatoms. The highest BCUT2D eigenvalue weighted by molar-refractivity contribution is 6.00. The minimum Gasteiger partial charge on any atom is -0.466 e. The van der Waals surface area contributed by atoms with E-state index in [-0.39, 0.29) is 11.7 Å². The molecule has 0 amide bonds. The lowest BCUT2D eigenvalue weighted by Gasteiger charge is -2.40. The highest BCUT2D eigenvalue weighted by Crippen LogP contribution is 2.38. The van der Waals surface area contributed by atoms with E-state index < -0.39 is 17.5 Å². The molecule has 0 spiro atoms. The third kappa shape index (κ3) is 1.33. The van der Waals surface area contributed by atoms with E-state index in [9.17, 15) is 15.0 Å². The van der Waals surface area contributed by atoms with Crippen molar-refractivity contribution in [1.82, 2.24) is 0 Å². The van der Waals surface area contributed by atoms with Crippen LogP contribution in [0.15, 0.2) is 24.2 Å². The number of aliphatic hydroxyl groups is 2. The second kappa shape index (κ2) is 3.47. The molecule has 0 aromatic heterocycles. The normalized spacial score (nSPS) is 39.4. The number of ketones is 1. The molecule has 0 saturated carbocycles. The zero-order chi connectivity index (χ0) is 11.1. The van der Waals surface area contributed by atoms with Gasteiger partial charge in [-0.2, -0.15) is 0 Å². The molecular formula is C11H14O4. The molecule has 2 aliphatic rings. The summed E-state index contributed by atoms with van der Waals surface area (Å²) < 4.78 is 5.07. The number of hydrogen-bond donors (Lipinski definition) is 2. The van der Waals surface area contributed by atoms with E-state index in [4.69, 9.17) is 4.74 Å². The van der Waals surface area contributed by atoms with E-state index in [2.05, 4.69) is 0 Å². The largest absolute Gasteiger partial charge is 0.466 e. The first kappa shape index (κ1) is 10.4. The summed E-state index contributed by atoms with van der Waals surface area (Å²) in [5.41, 5.74) is -1.87. The zero-order valence-electron chi connectivity index (χ0n) is 8.51. The Morgan fingerprint density at radius 2 is 2.40 bits per heavy atom. The molecule has 0 bridgehead atoms. The standard InChI is InChI=1S/C11H14O4/c1-2-7-3-4-9-11(14,10(7)13)8(12)5-6-15-9/h4-7,10,13-14H,2-3H2,1H3/t7-,10-,11-/m1/s1. The lowest BCUT2D eigenvalue weighted by Crippen LogP contribution is -2.56. The first-order valence-corrected chi connectivity index (χ1v) is 5.09. The van der Waals surface area contributed by atoms with E-state index in [0.717, 1.165) is 6.08 Å². The Balaban J connectivity index is 2.43. The van der Waals surface area contributed by atoms with Crippen molar-refractivity contribution in [1.29, 1.82) is 0 Å². The van der Waals surface area contributed by atoms with Gasteiger partial charge in [-0.05, 0) is 18.4 Å². The molecule has 0 aromatic rings. The highest BCUT2D eigenvalue weighted by atomic mass is 16.5. The topological polar surface area (TPSA) is 66.8 Å². The van der Waals surface area contributed by atoms with Crippen molar-refractivity contribution in [2.75, 3.05) is 0 Å². The lowest BCUT2D eigenvalue weighted by atomic mass is 9.75. The summed E-state index contributed by atoms with van der Waals surface area (Å²) in [6.07, 6.45) is 4.32. The van der Waals surface area contributed by atoms with Gasteiger partial charge in [0.15, 0.2) is 0 Å². The van der Waals surface area contributed by atoms with Crippen molar-refractivity contribution in [3.63, 3.8) is 0 Å². The number of allylic oxidation sites excluding steroid dienone is 1. The monoisotopic (exact) mass is 210 g/mol. The Morgan fingerprint density at radius 1 is 1.67 bits per heavy atom. The van der Waals surface area contributed by atoms with Crippen molar-refractivity contribution in [3.05, 3.63) is 24.2 Å². The van der Waals surface area contributed by atoms with Crippen molar-refractivity contribution in [3.8, 4) is 0 Å². The molecule has 3 atom stereocenters. The average Bonchev–Trinajstić information content (AvgIpc) is 2.23. The van der Waals surface area contributed by atoms with Crippen LogP contribution < -0.4 is 0 Å². The van der Waals surface area contributed by atoms with Gasteiger partial charge in [-0.1, -0.05) is 13.3 Å². The molecule has 15 heavy (non-hydrogen) atoms. The van der Waals surface area contributed by atoms with Gasteiger partial charge in [-0.3, -0.25) is 4.79 Å². The maximum Gasteiger partial charge on any atom is 0.210 e. The maximum absolute atomic E-state index is 11.6. The molecule has 2 N–H and O–H groups in total. The molecule has 82 valence electrons. The Morgan fingerprint density at radius 3 is 3.07 bits per heavy atom. The fourth-order valence-electron chi connectivity index (χ4n) is 2.12. The van der Waals surface area contributed by atoms with Gasteiger partial charge in [0.05, 0.1) is 6.26 Å². The fourth-order valence-corrected chi connectivity index (χ4v) is 2.12. The molecule has 0 fully saturated rings. The Bertz CT molecular complexity index is 344. The minimum absolute atomic E-state index is 0.0993. The van der Waals surface area contributed by atoms with E-state index in [1.165, 1.54) is 6.26 Å². The van der Waals surface area contributed by atoms with E-state index in [0.29, 0.717) is 12.8 Å². The fraction of sp³-hybridized carbons (Fsp3) is 0.545. The zero-order valence-corrected chi connectivity index (χ0v) is 8.51. The van der Waals surface area contributed by atoms with Crippen LogP contribution in [0.1, 0.15) is 19.8 Å². The van der Waals surface area contributed by atoms with Gasteiger partial charge in [-0.25, -0.2) is 0 Å². The molecule has 0 aromatic carbocycles. The van der Waals surface area contributed by atoms with Crippen LogP contribution in [0.2, 0.25) is 0 Å². The molecule has 0 unspecified atom stereocenters. The summed E-state index contributed by atoms with van der Waals surface area (Å²) in [4.78, 5) is 11.6. The Hall–Kier alpha value is -1.13. The number of ether oxygens (including phenoxy) is 1. The smallest absolute Gasteiger partial charge is 0.210 e. The molecular weight excluding hydrogens is 196 g/mol. The predicted octanol–water partition coefficient (Wildman–Crippen LogP) is 0.505. The van der Waals surface area contributed by atoms with Crippen LogP contribution in [0.3, 0.4) is 0 Å². The maximum atomic E-state index is 11.6. The Labute approximate surface area is 87.9 Å². The first-order valence-electron chi connectivity index (χ1n) is 5.09. The molecule has 2 rings (SSSR count). The van der Waals surface area contributed by atoms with Crippen molar-refractivity contribution < 1.29 is 19.7 Å². The average molecular weight is 210 g/mol. The van der Waals surface area contributed by atoms with Crippen LogP contribution >= 0.6 is 0 Å². The highest BCUT2D eigenvalue weighted by Gasteiger charge is 2.52. The summed E-state index contributed by atoms with van der Waals surface area (Å²) >= 11 is 0. The number of fused-ring (bicyclic) bond motifs is 1. The summed E-state index contributed by atoms with van der Waals surface area (Å²) in [5.74, 6) is -0.448. The molecule has 1 heterocycles. The van der Waals surface area contributed by atoms with Crippen molar-refractivity contribution in [2.45, 2.75) is 31.5 Å². The SMILES string of the molecule is CC[C@@H]1CC=C2OC=CC(=O)[C@]2(O)[C@@H]1O.